The minimum atomic E-state index is 0.796. The summed E-state index contributed by atoms with van der Waals surface area (Å²) in [6, 6.07) is 10.4. The second kappa shape index (κ2) is 9.47. The van der Waals surface area contributed by atoms with E-state index in [1.807, 2.05) is 17.4 Å². The Morgan fingerprint density at radius 3 is 2.61 bits per heavy atom. The fraction of sp³-hybridized carbons (Fsp3) is 0.440. The van der Waals surface area contributed by atoms with Gasteiger partial charge in [0.1, 0.15) is 10.6 Å². The molecule has 162 valence electrons. The summed E-state index contributed by atoms with van der Waals surface area (Å²) >= 11 is 1.89. The van der Waals surface area contributed by atoms with Crippen molar-refractivity contribution in [1.82, 2.24) is 14.9 Å². The van der Waals surface area contributed by atoms with Crippen molar-refractivity contribution >= 4 is 39.5 Å². The van der Waals surface area contributed by atoms with Crippen LogP contribution < -0.4 is 4.90 Å². The van der Waals surface area contributed by atoms with Crippen LogP contribution >= 0.6 is 11.3 Å². The average molecular weight is 435 g/mol. The lowest BCUT2D eigenvalue weighted by Gasteiger charge is -2.35. The van der Waals surface area contributed by atoms with Crippen LogP contribution in [0.2, 0.25) is 0 Å². The Labute approximate surface area is 188 Å². The average Bonchev–Trinajstić information content (AvgIpc) is 3.20. The van der Waals surface area contributed by atoms with Gasteiger partial charge in [-0.2, -0.15) is 0 Å². The first-order valence-electron chi connectivity index (χ1n) is 11.3. The van der Waals surface area contributed by atoms with Crippen LogP contribution in [0.5, 0.6) is 0 Å². The van der Waals surface area contributed by atoms with Gasteiger partial charge < -0.3 is 9.64 Å². The molecule has 0 amide bonds. The molecular weight excluding hydrogens is 404 g/mol. The van der Waals surface area contributed by atoms with E-state index in [0.29, 0.717) is 0 Å². The molecule has 5 rings (SSSR count). The molecule has 1 fully saturated rings. The van der Waals surface area contributed by atoms with E-state index in [9.17, 15) is 0 Å². The summed E-state index contributed by atoms with van der Waals surface area (Å²) in [6.45, 7) is 5.91. The third kappa shape index (κ3) is 4.52. The maximum absolute atomic E-state index is 5.26. The number of hydrogen-bond acceptors (Lipinski definition) is 6. The molecule has 3 aromatic rings. The van der Waals surface area contributed by atoms with E-state index in [1.165, 1.54) is 47.1 Å². The molecule has 0 unspecified atom stereocenters. The maximum atomic E-state index is 5.26. The Hall–Kier alpha value is -2.28. The third-order valence-corrected chi connectivity index (χ3v) is 7.51. The van der Waals surface area contributed by atoms with E-state index in [0.717, 1.165) is 55.8 Å². The number of hydrogen-bond donors (Lipinski definition) is 0. The highest BCUT2D eigenvalue weighted by molar-refractivity contribution is 7.19. The van der Waals surface area contributed by atoms with Crippen molar-refractivity contribution < 1.29 is 4.74 Å². The normalized spacial score (nSPS) is 17.5. The van der Waals surface area contributed by atoms with E-state index in [1.54, 1.807) is 7.11 Å². The lowest BCUT2D eigenvalue weighted by Crippen LogP contribution is -2.47. The fourth-order valence-electron chi connectivity index (χ4n) is 4.60. The highest BCUT2D eigenvalue weighted by Gasteiger charge is 2.25. The largest absolute Gasteiger partial charge is 0.383 e. The van der Waals surface area contributed by atoms with Gasteiger partial charge in [-0.15, -0.1) is 11.3 Å². The smallest absolute Gasteiger partial charge is 0.155 e. The zero-order valence-electron chi connectivity index (χ0n) is 18.2. The van der Waals surface area contributed by atoms with Gasteiger partial charge in [-0.05, 0) is 42.9 Å². The van der Waals surface area contributed by atoms with E-state index in [2.05, 4.69) is 46.2 Å². The van der Waals surface area contributed by atoms with Gasteiger partial charge in [0.05, 0.1) is 12.0 Å². The number of anilines is 1. The molecule has 3 heterocycles. The Morgan fingerprint density at radius 1 is 1.00 bits per heavy atom. The Kier molecular flexibility index (Phi) is 6.30. The number of aryl methyl sites for hydroxylation is 2. The van der Waals surface area contributed by atoms with Crippen LogP contribution in [0.15, 0.2) is 30.3 Å². The molecule has 0 bridgehead atoms. The van der Waals surface area contributed by atoms with Crippen LogP contribution in [0.25, 0.3) is 22.4 Å². The standard InChI is InChI=1S/C25H30N4OS/c1-30-18-17-28-13-15-29(16-14-28)24-23-20-9-5-6-10-21(20)31-25(23)27-22(26-24)12-11-19-7-3-2-4-8-19/h2-4,7-8,11-12H,5-6,9-10,13-18H2,1H3. The molecule has 0 atom stereocenters. The molecule has 1 aliphatic heterocycles. The Bertz CT molecular complexity index is 1050. The number of nitrogens with zero attached hydrogens (tertiary/aromatic N) is 4. The molecule has 1 aliphatic carbocycles. The van der Waals surface area contributed by atoms with Gasteiger partial charge in [0, 0.05) is 44.7 Å². The third-order valence-electron chi connectivity index (χ3n) is 6.32. The topological polar surface area (TPSA) is 41.5 Å². The van der Waals surface area contributed by atoms with Crippen molar-refractivity contribution in [2.24, 2.45) is 0 Å². The van der Waals surface area contributed by atoms with E-state index in [4.69, 9.17) is 14.7 Å². The Morgan fingerprint density at radius 2 is 1.81 bits per heavy atom. The molecule has 31 heavy (non-hydrogen) atoms. The summed E-state index contributed by atoms with van der Waals surface area (Å²) in [5.41, 5.74) is 2.69. The van der Waals surface area contributed by atoms with E-state index in [-0.39, 0.29) is 0 Å². The number of fused-ring (bicyclic) bond motifs is 3. The first kappa shape index (κ1) is 20.6. The number of rotatable bonds is 6. The fourth-order valence-corrected chi connectivity index (χ4v) is 5.86. The predicted octanol–water partition coefficient (Wildman–Crippen LogP) is 4.51. The second-order valence-electron chi connectivity index (χ2n) is 8.36. The van der Waals surface area contributed by atoms with Crippen LogP contribution in [0.4, 0.5) is 5.82 Å². The van der Waals surface area contributed by atoms with Crippen molar-refractivity contribution in [3.63, 3.8) is 0 Å². The van der Waals surface area contributed by atoms with Gasteiger partial charge in [0.15, 0.2) is 5.82 Å². The summed E-state index contributed by atoms with van der Waals surface area (Å²) in [5.74, 6) is 1.95. The van der Waals surface area contributed by atoms with Crippen LogP contribution in [0, 0.1) is 0 Å². The molecule has 1 aromatic carbocycles. The molecule has 0 radical (unpaired) electrons. The van der Waals surface area contributed by atoms with Crippen molar-refractivity contribution in [3.05, 3.63) is 52.2 Å². The molecule has 0 saturated carbocycles. The van der Waals surface area contributed by atoms with Gasteiger partial charge in [0.2, 0.25) is 0 Å². The number of thiophene rings is 1. The summed E-state index contributed by atoms with van der Waals surface area (Å²) in [6.07, 6.45) is 9.10. The van der Waals surface area contributed by atoms with Crippen LogP contribution in [-0.4, -0.2) is 61.3 Å². The monoisotopic (exact) mass is 434 g/mol. The lowest BCUT2D eigenvalue weighted by molar-refractivity contribution is 0.144. The summed E-state index contributed by atoms with van der Waals surface area (Å²) in [4.78, 5) is 17.7. The summed E-state index contributed by atoms with van der Waals surface area (Å²) < 4.78 is 5.26. The minimum Gasteiger partial charge on any atom is -0.383 e. The maximum Gasteiger partial charge on any atom is 0.155 e. The number of methoxy groups -OCH3 is 1. The highest BCUT2D eigenvalue weighted by atomic mass is 32.1. The van der Waals surface area contributed by atoms with Crippen LogP contribution in [0.1, 0.15) is 34.7 Å². The minimum absolute atomic E-state index is 0.796. The zero-order valence-corrected chi connectivity index (χ0v) is 19.0. The Balaban J connectivity index is 1.49. The van der Waals surface area contributed by atoms with Crippen LogP contribution in [0.3, 0.4) is 0 Å². The van der Waals surface area contributed by atoms with E-state index < -0.39 is 0 Å². The number of benzene rings is 1. The van der Waals surface area contributed by atoms with Crippen molar-refractivity contribution in [2.45, 2.75) is 25.7 Å². The summed E-state index contributed by atoms with van der Waals surface area (Å²) in [7, 11) is 1.78. The first-order valence-corrected chi connectivity index (χ1v) is 12.1. The molecule has 0 N–H and O–H groups in total. The quantitative estimate of drug-likeness (QED) is 0.571. The number of ether oxygens (including phenoxy) is 1. The molecule has 6 heteroatoms. The SMILES string of the molecule is COCCN1CCN(c2nc(C=Cc3ccccc3)nc3sc4c(c23)CCCC4)CC1. The molecular formula is C25H30N4OS. The number of aromatic nitrogens is 2. The predicted molar refractivity (Wildman–Crippen MR) is 130 cm³/mol. The van der Waals surface area contributed by atoms with Crippen molar-refractivity contribution in [3.8, 4) is 0 Å². The molecule has 2 aromatic heterocycles. The second-order valence-corrected chi connectivity index (χ2v) is 9.45. The van der Waals surface area contributed by atoms with Crippen LogP contribution in [-0.2, 0) is 17.6 Å². The summed E-state index contributed by atoms with van der Waals surface area (Å²) in [5, 5.41) is 1.32. The van der Waals surface area contributed by atoms with E-state index >= 15 is 0 Å². The van der Waals surface area contributed by atoms with Crippen molar-refractivity contribution in [2.75, 3.05) is 51.3 Å². The van der Waals surface area contributed by atoms with Crippen molar-refractivity contribution in [1.29, 1.82) is 0 Å². The van der Waals surface area contributed by atoms with Gasteiger partial charge in [0.25, 0.3) is 0 Å². The zero-order chi connectivity index (χ0) is 21.0. The number of piperazine rings is 1. The highest BCUT2D eigenvalue weighted by Crippen LogP contribution is 2.40. The lowest BCUT2D eigenvalue weighted by atomic mass is 9.97. The molecule has 1 saturated heterocycles. The van der Waals surface area contributed by atoms with Gasteiger partial charge >= 0.3 is 0 Å². The van der Waals surface area contributed by atoms with Gasteiger partial charge in [-0.25, -0.2) is 9.97 Å². The molecule has 2 aliphatic rings. The molecule has 5 nitrogen and oxygen atoms in total. The molecule has 0 spiro atoms. The first-order chi connectivity index (χ1) is 15.3. The van der Waals surface area contributed by atoms with Gasteiger partial charge in [-0.1, -0.05) is 36.4 Å². The van der Waals surface area contributed by atoms with Gasteiger partial charge in [-0.3, -0.25) is 4.90 Å².